The predicted octanol–water partition coefficient (Wildman–Crippen LogP) is 21.2. The molecule has 0 nitrogen and oxygen atoms in total. The van der Waals surface area contributed by atoms with Gasteiger partial charge in [-0.1, -0.05) is 204 Å². The molecule has 0 atom stereocenters. The van der Waals surface area contributed by atoms with Gasteiger partial charge in [-0.2, -0.15) is 0 Å². The second-order valence-corrected chi connectivity index (χ2v) is 23.0. The molecule has 0 aliphatic heterocycles. The van der Waals surface area contributed by atoms with Gasteiger partial charge in [0.15, 0.2) is 0 Å². The lowest BCUT2D eigenvalue weighted by molar-refractivity contribution is 0.662. The molecule has 0 saturated heterocycles. The van der Waals surface area contributed by atoms with Crippen LogP contribution in [0.3, 0.4) is 0 Å². The molecule has 0 aromatic heterocycles. The van der Waals surface area contributed by atoms with Crippen LogP contribution in [-0.4, -0.2) is 0 Å². The number of fused-ring (bicyclic) bond motifs is 22. The lowest BCUT2D eigenvalue weighted by atomic mass is 9.77. The minimum absolute atomic E-state index is 0.274. The first-order chi connectivity index (χ1) is 37.2. The van der Waals surface area contributed by atoms with Gasteiger partial charge in [0.25, 0.3) is 0 Å². The van der Waals surface area contributed by atoms with Crippen LogP contribution in [-0.2, 0) is 10.8 Å². The maximum atomic E-state index is 2.63. The van der Waals surface area contributed by atoms with Gasteiger partial charge in [-0.3, -0.25) is 0 Å². The molecule has 0 spiro atoms. The summed E-state index contributed by atoms with van der Waals surface area (Å²) in [5.41, 5.74) is 15.4. The number of rotatable bonds is 2. The third-order valence-corrected chi connectivity index (χ3v) is 18.5. The lowest BCUT2D eigenvalue weighted by Crippen LogP contribution is -2.15. The highest BCUT2D eigenvalue weighted by molar-refractivity contribution is 6.30. The monoisotopic (exact) mass is 962 g/mol. The van der Waals surface area contributed by atoms with Crippen molar-refractivity contribution in [1.82, 2.24) is 0 Å². The maximum absolute atomic E-state index is 2.63. The van der Waals surface area contributed by atoms with Crippen molar-refractivity contribution in [3.8, 4) is 44.5 Å². The van der Waals surface area contributed by atoms with Crippen LogP contribution in [0.25, 0.3) is 152 Å². The van der Waals surface area contributed by atoms with Crippen LogP contribution in [0, 0.1) is 0 Å². The van der Waals surface area contributed by atoms with Crippen LogP contribution in [0.2, 0.25) is 0 Å². The summed E-state index contributed by atoms with van der Waals surface area (Å²) >= 11 is 0. The van der Waals surface area contributed by atoms with Gasteiger partial charge in [0, 0.05) is 10.8 Å². The summed E-state index contributed by atoms with van der Waals surface area (Å²) in [6.07, 6.45) is 0. The van der Waals surface area contributed by atoms with E-state index in [9.17, 15) is 0 Å². The molecule has 0 fully saturated rings. The Hall–Kier alpha value is -9.10. The van der Waals surface area contributed by atoms with Gasteiger partial charge in [-0.05, 0) is 229 Å². The standard InChI is InChI=1S/C76H50/c1-75(2)70-40-60-55-30-16-12-26-51(55)49-24-10-14-28-53(49)58(60)36-62(70)64-38-66-67(41-71(64)75)73(46-33-32-43-18-5-6-20-45(43)34-46)65-37-63-61-35-57-52-27-13-9-23-48(52)50-25-11-15-29-54(50)59(57)39-69(61)76(3,4)72(63)42-68(65)74(66)56-31-17-21-44-19-7-8-22-47(44)56/h5-42H,1-4H3. The van der Waals surface area contributed by atoms with Gasteiger partial charge >= 0.3 is 0 Å². The Balaban J connectivity index is 1.04. The van der Waals surface area contributed by atoms with Gasteiger partial charge in [-0.15, -0.1) is 0 Å². The van der Waals surface area contributed by atoms with E-state index in [2.05, 4.69) is 258 Å². The van der Waals surface area contributed by atoms with Crippen molar-refractivity contribution in [2.24, 2.45) is 0 Å². The summed E-state index contributed by atoms with van der Waals surface area (Å²) in [5.74, 6) is 0. The van der Waals surface area contributed by atoms with E-state index in [1.165, 1.54) is 174 Å². The average Bonchev–Trinajstić information content (AvgIpc) is 3.97. The minimum atomic E-state index is -0.275. The van der Waals surface area contributed by atoms with E-state index in [-0.39, 0.29) is 10.8 Å². The molecule has 0 N–H and O–H groups in total. The van der Waals surface area contributed by atoms with Crippen molar-refractivity contribution in [2.75, 3.05) is 0 Å². The Kier molecular flexibility index (Phi) is 8.24. The molecule has 2 aliphatic carbocycles. The molecule has 15 aromatic carbocycles. The first-order valence-corrected chi connectivity index (χ1v) is 27.1. The minimum Gasteiger partial charge on any atom is -0.0616 e. The maximum Gasteiger partial charge on any atom is 0.0159 e. The average molecular weight is 963 g/mol. The van der Waals surface area contributed by atoms with Crippen molar-refractivity contribution in [2.45, 2.75) is 38.5 Å². The zero-order valence-electron chi connectivity index (χ0n) is 42.9. The Bertz CT molecular complexity index is 5150. The molecule has 0 heteroatoms. The summed E-state index contributed by atoms with van der Waals surface area (Å²) in [7, 11) is 0. The molecule has 0 amide bonds. The summed E-state index contributed by atoms with van der Waals surface area (Å²) in [6.45, 7) is 9.85. The zero-order chi connectivity index (χ0) is 50.3. The van der Waals surface area contributed by atoms with Gasteiger partial charge in [-0.25, -0.2) is 0 Å². The van der Waals surface area contributed by atoms with Crippen molar-refractivity contribution in [1.29, 1.82) is 0 Å². The topological polar surface area (TPSA) is 0 Å². The fourth-order valence-corrected chi connectivity index (χ4v) is 14.9. The van der Waals surface area contributed by atoms with Gasteiger partial charge in [0.2, 0.25) is 0 Å². The zero-order valence-corrected chi connectivity index (χ0v) is 42.9. The van der Waals surface area contributed by atoms with E-state index in [1.54, 1.807) is 0 Å². The molecular weight excluding hydrogens is 913 g/mol. The quantitative estimate of drug-likeness (QED) is 0.120. The Labute approximate surface area is 441 Å². The second-order valence-electron chi connectivity index (χ2n) is 23.0. The number of hydrogen-bond acceptors (Lipinski definition) is 0. The summed E-state index contributed by atoms with van der Waals surface area (Å²) < 4.78 is 0. The number of hydrogen-bond donors (Lipinski definition) is 0. The molecule has 354 valence electrons. The van der Waals surface area contributed by atoms with E-state index in [1.807, 2.05) is 0 Å². The summed E-state index contributed by atoms with van der Waals surface area (Å²) in [5, 5.41) is 25.9. The largest absolute Gasteiger partial charge is 0.0616 e. The van der Waals surface area contributed by atoms with Crippen molar-refractivity contribution < 1.29 is 0 Å². The predicted molar refractivity (Wildman–Crippen MR) is 328 cm³/mol. The van der Waals surface area contributed by atoms with Crippen LogP contribution in [0.5, 0.6) is 0 Å². The van der Waals surface area contributed by atoms with Gasteiger partial charge in [0.1, 0.15) is 0 Å². The van der Waals surface area contributed by atoms with E-state index < -0.39 is 0 Å². The van der Waals surface area contributed by atoms with Crippen molar-refractivity contribution >= 4 is 108 Å². The smallest absolute Gasteiger partial charge is 0.0159 e. The second kappa shape index (κ2) is 14.8. The third-order valence-electron chi connectivity index (χ3n) is 18.5. The SMILES string of the molecule is CC1(C)c2cc3c(-c4ccc5ccccc5c4)c4cc5c(cc4c(-c4cccc6ccccc46)c3cc2-c2cc3c4ccccc4c4ccccc4c3cc21)C(C)(C)c1cc2c3ccccc3c3ccccc3c2cc1-5. The molecule has 0 heterocycles. The first kappa shape index (κ1) is 42.3. The fraction of sp³-hybridized carbons (Fsp3) is 0.0789. The highest BCUT2D eigenvalue weighted by atomic mass is 14.4. The molecule has 2 aliphatic rings. The molecular formula is C76H50. The first-order valence-electron chi connectivity index (χ1n) is 27.1. The van der Waals surface area contributed by atoms with Gasteiger partial charge in [0.05, 0.1) is 0 Å². The van der Waals surface area contributed by atoms with Gasteiger partial charge < -0.3 is 0 Å². The van der Waals surface area contributed by atoms with Crippen LogP contribution in [0.4, 0.5) is 0 Å². The molecule has 17 rings (SSSR count). The Morgan fingerprint density at radius 1 is 0.197 bits per heavy atom. The molecule has 0 bridgehead atoms. The van der Waals surface area contributed by atoms with Crippen molar-refractivity contribution in [3.05, 3.63) is 253 Å². The lowest BCUT2D eigenvalue weighted by Gasteiger charge is -2.26. The van der Waals surface area contributed by atoms with E-state index in [4.69, 9.17) is 0 Å². The highest BCUT2D eigenvalue weighted by Crippen LogP contribution is 2.58. The Morgan fingerprint density at radius 3 is 0.987 bits per heavy atom. The number of benzene rings is 15. The summed E-state index contributed by atoms with van der Waals surface area (Å²) in [6, 6.07) is 88.7. The third kappa shape index (κ3) is 5.48. The fourth-order valence-electron chi connectivity index (χ4n) is 14.9. The molecule has 0 saturated carbocycles. The van der Waals surface area contributed by atoms with Crippen LogP contribution < -0.4 is 0 Å². The van der Waals surface area contributed by atoms with Crippen LogP contribution in [0.15, 0.2) is 231 Å². The molecule has 76 heavy (non-hydrogen) atoms. The molecule has 0 unspecified atom stereocenters. The van der Waals surface area contributed by atoms with E-state index in [0.717, 1.165) is 0 Å². The molecule has 0 radical (unpaired) electrons. The Morgan fingerprint density at radius 2 is 0.513 bits per heavy atom. The highest BCUT2D eigenvalue weighted by Gasteiger charge is 2.40. The van der Waals surface area contributed by atoms with Crippen LogP contribution in [0.1, 0.15) is 49.9 Å². The normalized spacial score (nSPS) is 14.3. The van der Waals surface area contributed by atoms with E-state index in [0.29, 0.717) is 0 Å². The van der Waals surface area contributed by atoms with Crippen molar-refractivity contribution in [3.63, 3.8) is 0 Å². The van der Waals surface area contributed by atoms with Crippen LogP contribution >= 0.6 is 0 Å². The summed E-state index contributed by atoms with van der Waals surface area (Å²) in [4.78, 5) is 0. The molecule has 15 aromatic rings. The van der Waals surface area contributed by atoms with E-state index >= 15 is 0 Å².